The Morgan fingerprint density at radius 1 is 0.935 bits per heavy atom. The van der Waals surface area contributed by atoms with E-state index in [-0.39, 0.29) is 11.8 Å². The number of fused-ring (bicyclic) bond motifs is 1. The molecular formula is C26H26N2O3. The average molecular weight is 415 g/mol. The normalized spacial score (nSPS) is 15.7. The number of aryl methyl sites for hydroxylation is 3. The number of aliphatic hydroxyl groups is 1. The maximum Gasteiger partial charge on any atom is 0.260 e. The summed E-state index contributed by atoms with van der Waals surface area (Å²) in [5, 5.41) is 13.6. The Balaban J connectivity index is 1.60. The van der Waals surface area contributed by atoms with Gasteiger partial charge in [-0.15, -0.1) is 0 Å². The standard InChI is InChI=1S/C26H26N2O3/c1-17-8-3-5-11-21(17)25(30)27-20-14-15-22(18(2)16-20)26(31)28-23-12-6-4-9-19(23)10-7-13-24(28)29/h3-6,8-9,11-12,14-16,24,29H,7,10,13H2,1-2H3,(H,27,30). The van der Waals surface area contributed by atoms with E-state index < -0.39 is 6.23 Å². The Labute approximate surface area is 182 Å². The first-order valence-corrected chi connectivity index (χ1v) is 10.5. The second-order valence-electron chi connectivity index (χ2n) is 7.98. The highest BCUT2D eigenvalue weighted by molar-refractivity contribution is 6.09. The van der Waals surface area contributed by atoms with Crippen molar-refractivity contribution in [3.8, 4) is 0 Å². The van der Waals surface area contributed by atoms with Gasteiger partial charge in [-0.3, -0.25) is 14.5 Å². The molecule has 0 aromatic heterocycles. The maximum absolute atomic E-state index is 13.4. The Morgan fingerprint density at radius 2 is 1.68 bits per heavy atom. The van der Waals surface area contributed by atoms with E-state index >= 15 is 0 Å². The Morgan fingerprint density at radius 3 is 2.45 bits per heavy atom. The molecule has 0 saturated heterocycles. The molecule has 1 aliphatic rings. The molecule has 3 aromatic carbocycles. The van der Waals surface area contributed by atoms with Crippen LogP contribution in [-0.2, 0) is 6.42 Å². The number of carbonyl (C=O) groups excluding carboxylic acids is 2. The summed E-state index contributed by atoms with van der Waals surface area (Å²) in [6.45, 7) is 3.74. The van der Waals surface area contributed by atoms with E-state index in [0.29, 0.717) is 23.2 Å². The van der Waals surface area contributed by atoms with E-state index in [1.54, 1.807) is 24.3 Å². The maximum atomic E-state index is 13.4. The molecule has 0 radical (unpaired) electrons. The smallest absolute Gasteiger partial charge is 0.260 e. The van der Waals surface area contributed by atoms with Crippen molar-refractivity contribution < 1.29 is 14.7 Å². The fraction of sp³-hybridized carbons (Fsp3) is 0.231. The lowest BCUT2D eigenvalue weighted by molar-refractivity contribution is 0.0876. The minimum absolute atomic E-state index is 0.187. The molecule has 0 aliphatic carbocycles. The minimum atomic E-state index is -0.865. The van der Waals surface area contributed by atoms with Crippen molar-refractivity contribution in [1.82, 2.24) is 0 Å². The molecule has 3 aromatic rings. The number of rotatable bonds is 3. The number of hydrogen-bond acceptors (Lipinski definition) is 3. The van der Waals surface area contributed by atoms with Gasteiger partial charge in [-0.2, -0.15) is 0 Å². The van der Waals surface area contributed by atoms with Crippen LogP contribution in [0.4, 0.5) is 11.4 Å². The molecular weight excluding hydrogens is 388 g/mol. The molecule has 0 saturated carbocycles. The van der Waals surface area contributed by atoms with E-state index in [4.69, 9.17) is 0 Å². The van der Waals surface area contributed by atoms with Crippen molar-refractivity contribution in [3.63, 3.8) is 0 Å². The summed E-state index contributed by atoms with van der Waals surface area (Å²) in [4.78, 5) is 27.5. The lowest BCUT2D eigenvalue weighted by Gasteiger charge is -2.28. The third kappa shape index (κ3) is 4.23. The summed E-state index contributed by atoms with van der Waals surface area (Å²) in [7, 11) is 0. The van der Waals surface area contributed by atoms with Gasteiger partial charge in [0.05, 0.1) is 0 Å². The number of anilines is 2. The number of nitrogens with zero attached hydrogens (tertiary/aromatic N) is 1. The minimum Gasteiger partial charge on any atom is -0.373 e. The van der Waals surface area contributed by atoms with Gasteiger partial charge in [-0.05, 0) is 80.1 Å². The first kappa shape index (κ1) is 20.8. The molecule has 4 rings (SSSR count). The van der Waals surface area contributed by atoms with Crippen LogP contribution in [0.3, 0.4) is 0 Å². The predicted molar refractivity (Wildman–Crippen MR) is 123 cm³/mol. The van der Waals surface area contributed by atoms with Gasteiger partial charge in [0.2, 0.25) is 0 Å². The zero-order valence-corrected chi connectivity index (χ0v) is 17.8. The monoisotopic (exact) mass is 414 g/mol. The van der Waals surface area contributed by atoms with Gasteiger partial charge >= 0.3 is 0 Å². The van der Waals surface area contributed by atoms with Crippen molar-refractivity contribution in [1.29, 1.82) is 0 Å². The molecule has 0 spiro atoms. The molecule has 5 heteroatoms. The zero-order valence-electron chi connectivity index (χ0n) is 17.8. The number of hydrogen-bond donors (Lipinski definition) is 2. The van der Waals surface area contributed by atoms with Crippen molar-refractivity contribution in [3.05, 3.63) is 94.5 Å². The summed E-state index contributed by atoms with van der Waals surface area (Å²) in [6.07, 6.45) is 1.32. The van der Waals surface area contributed by atoms with Crippen LogP contribution >= 0.6 is 0 Å². The van der Waals surface area contributed by atoms with Gasteiger partial charge in [-0.1, -0.05) is 36.4 Å². The van der Waals surface area contributed by atoms with Gasteiger partial charge in [0.25, 0.3) is 11.8 Å². The van der Waals surface area contributed by atoms with Gasteiger partial charge in [0, 0.05) is 22.5 Å². The fourth-order valence-corrected chi connectivity index (χ4v) is 4.10. The van der Waals surface area contributed by atoms with Crippen molar-refractivity contribution in [2.45, 2.75) is 39.3 Å². The lowest BCUT2D eigenvalue weighted by atomic mass is 10.0. The number of benzene rings is 3. The molecule has 2 N–H and O–H groups in total. The van der Waals surface area contributed by atoms with E-state index in [1.807, 2.05) is 56.3 Å². The summed E-state index contributed by atoms with van der Waals surface area (Å²) < 4.78 is 0. The van der Waals surface area contributed by atoms with Crippen molar-refractivity contribution >= 4 is 23.2 Å². The summed E-state index contributed by atoms with van der Waals surface area (Å²) in [5.41, 5.74) is 5.20. The third-order valence-corrected chi connectivity index (χ3v) is 5.78. The molecule has 0 fully saturated rings. The van der Waals surface area contributed by atoms with Gasteiger partial charge in [0.15, 0.2) is 0 Å². The molecule has 1 atom stereocenters. The van der Waals surface area contributed by atoms with E-state index in [0.717, 1.165) is 35.2 Å². The highest BCUT2D eigenvalue weighted by Gasteiger charge is 2.29. The fourth-order valence-electron chi connectivity index (χ4n) is 4.10. The molecule has 1 heterocycles. The van der Waals surface area contributed by atoms with Gasteiger partial charge < -0.3 is 10.4 Å². The molecule has 1 unspecified atom stereocenters. The molecule has 0 bridgehead atoms. The highest BCUT2D eigenvalue weighted by Crippen LogP contribution is 2.31. The Hall–Kier alpha value is -3.44. The molecule has 2 amide bonds. The van der Waals surface area contributed by atoms with Crippen LogP contribution in [0.25, 0.3) is 0 Å². The number of para-hydroxylation sites is 1. The summed E-state index contributed by atoms with van der Waals surface area (Å²) in [6, 6.07) is 20.4. The van der Waals surface area contributed by atoms with E-state index in [9.17, 15) is 14.7 Å². The van der Waals surface area contributed by atoms with Gasteiger partial charge in [0.1, 0.15) is 6.23 Å². The Bertz CT molecular complexity index is 1140. The predicted octanol–water partition coefficient (Wildman–Crippen LogP) is 4.86. The first-order chi connectivity index (χ1) is 15.0. The quantitative estimate of drug-likeness (QED) is 0.643. The Kier molecular flexibility index (Phi) is 5.87. The van der Waals surface area contributed by atoms with Gasteiger partial charge in [-0.25, -0.2) is 0 Å². The second kappa shape index (κ2) is 8.74. The van der Waals surface area contributed by atoms with Crippen LogP contribution in [0.1, 0.15) is 50.2 Å². The van der Waals surface area contributed by atoms with Crippen LogP contribution in [0.5, 0.6) is 0 Å². The number of nitrogens with one attached hydrogen (secondary N) is 1. The van der Waals surface area contributed by atoms with E-state index in [1.165, 1.54) is 4.90 Å². The number of amides is 2. The third-order valence-electron chi connectivity index (χ3n) is 5.78. The SMILES string of the molecule is Cc1ccccc1C(=O)Nc1ccc(C(=O)N2c3ccccc3CCCC2O)c(C)c1. The summed E-state index contributed by atoms with van der Waals surface area (Å²) in [5.74, 6) is -0.426. The zero-order chi connectivity index (χ0) is 22.0. The summed E-state index contributed by atoms with van der Waals surface area (Å²) >= 11 is 0. The molecule has 31 heavy (non-hydrogen) atoms. The van der Waals surface area contributed by atoms with Crippen LogP contribution in [0.2, 0.25) is 0 Å². The molecule has 5 nitrogen and oxygen atoms in total. The molecule has 1 aliphatic heterocycles. The van der Waals surface area contributed by atoms with E-state index in [2.05, 4.69) is 5.32 Å². The first-order valence-electron chi connectivity index (χ1n) is 10.5. The number of carbonyl (C=O) groups is 2. The van der Waals surface area contributed by atoms with Crippen LogP contribution in [0.15, 0.2) is 66.7 Å². The average Bonchev–Trinajstić information content (AvgIpc) is 2.91. The molecule has 158 valence electrons. The van der Waals surface area contributed by atoms with Crippen LogP contribution in [0, 0.1) is 13.8 Å². The van der Waals surface area contributed by atoms with Crippen molar-refractivity contribution in [2.24, 2.45) is 0 Å². The number of aliphatic hydroxyl groups excluding tert-OH is 1. The highest BCUT2D eigenvalue weighted by atomic mass is 16.3. The topological polar surface area (TPSA) is 69.6 Å². The largest absolute Gasteiger partial charge is 0.373 e. The lowest BCUT2D eigenvalue weighted by Crippen LogP contribution is -2.40. The van der Waals surface area contributed by atoms with Crippen LogP contribution in [-0.4, -0.2) is 23.1 Å². The second-order valence-corrected chi connectivity index (χ2v) is 7.98. The van der Waals surface area contributed by atoms with Crippen LogP contribution < -0.4 is 10.2 Å². The van der Waals surface area contributed by atoms with Crippen molar-refractivity contribution in [2.75, 3.05) is 10.2 Å².